The molecular weight excluding hydrogens is 178 g/mol. The molecule has 0 aromatic heterocycles. The van der Waals surface area contributed by atoms with Crippen LogP contribution in [0.25, 0.3) is 0 Å². The first-order valence-electron chi connectivity index (χ1n) is 5.82. The molecule has 1 aliphatic rings. The van der Waals surface area contributed by atoms with Crippen molar-refractivity contribution in [1.29, 1.82) is 0 Å². The van der Waals surface area contributed by atoms with Crippen LogP contribution in [0.5, 0.6) is 0 Å². The van der Waals surface area contributed by atoms with Crippen LogP contribution in [0.15, 0.2) is 0 Å². The fraction of sp³-hybridized carbons (Fsp3) is 1.00. The van der Waals surface area contributed by atoms with Gasteiger partial charge in [0.1, 0.15) is 0 Å². The lowest BCUT2D eigenvalue weighted by Gasteiger charge is -2.15. The van der Waals surface area contributed by atoms with E-state index in [0.717, 1.165) is 13.0 Å². The molecule has 0 unspecified atom stereocenters. The molecule has 3 heteroatoms. The first kappa shape index (κ1) is 16.3. The molecule has 0 bridgehead atoms. The summed E-state index contributed by atoms with van der Waals surface area (Å²) in [7, 11) is 0. The van der Waals surface area contributed by atoms with Gasteiger partial charge in [0, 0.05) is 19.2 Å². The third-order valence-electron chi connectivity index (χ3n) is 1.97. The molecule has 0 aromatic carbocycles. The van der Waals surface area contributed by atoms with Crippen molar-refractivity contribution in [2.75, 3.05) is 13.2 Å². The van der Waals surface area contributed by atoms with Gasteiger partial charge in [0.15, 0.2) is 0 Å². The molecule has 0 saturated carbocycles. The average Bonchev–Trinajstić information content (AvgIpc) is 2.58. The summed E-state index contributed by atoms with van der Waals surface area (Å²) in [6.07, 6.45) is 4.68. The normalized spacial score (nSPS) is 20.6. The second-order valence-electron chi connectivity index (χ2n) is 3.06. The fourth-order valence-corrected chi connectivity index (χ4v) is 1.45. The van der Waals surface area contributed by atoms with Crippen LogP contribution in [0, 0.1) is 0 Å². The predicted octanol–water partition coefficient (Wildman–Crippen LogP) is 2.66. The van der Waals surface area contributed by atoms with Crippen molar-refractivity contribution in [3.05, 3.63) is 0 Å². The number of nitrogens with zero attached hydrogens (tertiary/aromatic N) is 1. The Bertz CT molecular complexity index is 99.3. The highest BCUT2D eigenvalue weighted by molar-refractivity contribution is 4.71. The maximum absolute atomic E-state index is 9.15. The molecule has 0 amide bonds. The highest BCUT2D eigenvalue weighted by Gasteiger charge is 2.20. The Kier molecular flexibility index (Phi) is 15.0. The minimum atomic E-state index is 0.250. The van der Waals surface area contributed by atoms with Crippen molar-refractivity contribution in [1.82, 2.24) is 5.06 Å². The zero-order chi connectivity index (χ0) is 11.4. The van der Waals surface area contributed by atoms with Crippen LogP contribution in [-0.2, 0) is 0 Å². The maximum Gasteiger partial charge on any atom is 0.0402 e. The van der Waals surface area contributed by atoms with Gasteiger partial charge in [-0.05, 0) is 26.2 Å². The van der Waals surface area contributed by atoms with Gasteiger partial charge in [-0.2, -0.15) is 5.06 Å². The molecule has 0 radical (unpaired) electrons. The Balaban J connectivity index is 0. The molecule has 0 aliphatic carbocycles. The summed E-state index contributed by atoms with van der Waals surface area (Å²) in [6.45, 7) is 8.97. The van der Waals surface area contributed by atoms with Crippen LogP contribution in [0.1, 0.15) is 53.4 Å². The highest BCUT2D eigenvalue weighted by Crippen LogP contribution is 2.18. The largest absolute Gasteiger partial charge is 0.397 e. The third kappa shape index (κ3) is 8.48. The smallest absolute Gasteiger partial charge is 0.0402 e. The second-order valence-corrected chi connectivity index (χ2v) is 3.06. The van der Waals surface area contributed by atoms with Crippen LogP contribution in [0.2, 0.25) is 0 Å². The van der Waals surface area contributed by atoms with E-state index in [1.807, 2.05) is 13.8 Å². The molecule has 14 heavy (non-hydrogen) atoms. The maximum atomic E-state index is 9.15. The second kappa shape index (κ2) is 12.9. The molecule has 1 saturated heterocycles. The van der Waals surface area contributed by atoms with Gasteiger partial charge in [0.2, 0.25) is 0 Å². The lowest BCUT2D eigenvalue weighted by Crippen LogP contribution is -2.24. The Labute approximate surface area is 88.7 Å². The molecular formula is C11H27NO2. The van der Waals surface area contributed by atoms with Crippen LogP contribution in [0.3, 0.4) is 0 Å². The Morgan fingerprint density at radius 2 is 1.79 bits per heavy atom. The zero-order valence-corrected chi connectivity index (χ0v) is 10.2. The molecule has 1 aliphatic heterocycles. The van der Waals surface area contributed by atoms with Crippen LogP contribution >= 0.6 is 0 Å². The van der Waals surface area contributed by atoms with E-state index in [9.17, 15) is 0 Å². The molecule has 1 heterocycles. The number of aliphatic hydroxyl groups excluding tert-OH is 1. The summed E-state index contributed by atoms with van der Waals surface area (Å²) >= 11 is 0. The van der Waals surface area contributed by atoms with Gasteiger partial charge in [-0.1, -0.05) is 27.2 Å². The highest BCUT2D eigenvalue weighted by atomic mass is 16.5. The Hall–Kier alpha value is -0.120. The fourth-order valence-electron chi connectivity index (χ4n) is 1.45. The first-order chi connectivity index (χ1) is 6.76. The SMILES string of the molecule is CC.CCC[C@@H]1CCCN1O.CCO. The van der Waals surface area contributed by atoms with Crippen molar-refractivity contribution in [2.24, 2.45) is 0 Å². The number of rotatable bonds is 2. The molecule has 3 nitrogen and oxygen atoms in total. The Morgan fingerprint density at radius 1 is 1.29 bits per heavy atom. The molecule has 1 rings (SSSR count). The number of hydrogen-bond donors (Lipinski definition) is 2. The molecule has 1 fully saturated rings. The van der Waals surface area contributed by atoms with Crippen molar-refractivity contribution < 1.29 is 10.3 Å². The van der Waals surface area contributed by atoms with E-state index < -0.39 is 0 Å². The van der Waals surface area contributed by atoms with Crippen molar-refractivity contribution in [3.8, 4) is 0 Å². The summed E-state index contributed by atoms with van der Waals surface area (Å²) < 4.78 is 0. The predicted molar refractivity (Wildman–Crippen MR) is 60.5 cm³/mol. The van der Waals surface area contributed by atoms with E-state index in [1.54, 1.807) is 6.92 Å². The van der Waals surface area contributed by atoms with E-state index in [4.69, 9.17) is 10.3 Å². The van der Waals surface area contributed by atoms with Gasteiger partial charge >= 0.3 is 0 Å². The van der Waals surface area contributed by atoms with E-state index >= 15 is 0 Å². The minimum absolute atomic E-state index is 0.250. The minimum Gasteiger partial charge on any atom is -0.397 e. The van der Waals surface area contributed by atoms with Crippen LogP contribution < -0.4 is 0 Å². The van der Waals surface area contributed by atoms with Gasteiger partial charge in [0.05, 0.1) is 0 Å². The summed E-state index contributed by atoms with van der Waals surface area (Å²) in [5.74, 6) is 0. The van der Waals surface area contributed by atoms with Crippen molar-refractivity contribution in [2.45, 2.75) is 59.4 Å². The Morgan fingerprint density at radius 3 is 2.07 bits per heavy atom. The van der Waals surface area contributed by atoms with Gasteiger partial charge in [-0.15, -0.1) is 0 Å². The number of hydroxylamine groups is 2. The summed E-state index contributed by atoms with van der Waals surface area (Å²) in [5, 5.41) is 18.2. The van der Waals surface area contributed by atoms with E-state index in [0.29, 0.717) is 6.04 Å². The topological polar surface area (TPSA) is 43.7 Å². The average molecular weight is 205 g/mol. The molecule has 0 aromatic rings. The summed E-state index contributed by atoms with van der Waals surface area (Å²) in [5.41, 5.74) is 0. The van der Waals surface area contributed by atoms with E-state index in [1.165, 1.54) is 24.3 Å². The molecule has 1 atom stereocenters. The number of aliphatic hydroxyl groups is 1. The molecule has 88 valence electrons. The van der Waals surface area contributed by atoms with Gasteiger partial charge in [0.25, 0.3) is 0 Å². The lowest BCUT2D eigenvalue weighted by atomic mass is 10.1. The molecule has 0 spiro atoms. The van der Waals surface area contributed by atoms with Crippen LogP contribution in [-0.4, -0.2) is 34.6 Å². The van der Waals surface area contributed by atoms with Gasteiger partial charge < -0.3 is 10.3 Å². The van der Waals surface area contributed by atoms with Crippen LogP contribution in [0.4, 0.5) is 0 Å². The third-order valence-corrected chi connectivity index (χ3v) is 1.97. The lowest BCUT2D eigenvalue weighted by molar-refractivity contribution is -0.104. The summed E-state index contributed by atoms with van der Waals surface area (Å²) in [6, 6.07) is 0.468. The van der Waals surface area contributed by atoms with E-state index in [2.05, 4.69) is 6.92 Å². The standard InChI is InChI=1S/C7H15NO.C2H6O.C2H6/c1-2-4-7-5-3-6-8(7)9;1-2-3;1-2/h7,9H,2-6H2,1H3;3H,2H2,1H3;1-2H3/t7-;;/m1../s1. The van der Waals surface area contributed by atoms with Gasteiger partial charge in [-0.3, -0.25) is 0 Å². The van der Waals surface area contributed by atoms with E-state index in [-0.39, 0.29) is 6.61 Å². The monoisotopic (exact) mass is 205 g/mol. The van der Waals surface area contributed by atoms with Gasteiger partial charge in [-0.25, -0.2) is 0 Å². The summed E-state index contributed by atoms with van der Waals surface area (Å²) in [4.78, 5) is 0. The van der Waals surface area contributed by atoms with Crippen molar-refractivity contribution >= 4 is 0 Å². The molecule has 2 N–H and O–H groups in total. The quantitative estimate of drug-likeness (QED) is 0.728. The van der Waals surface area contributed by atoms with Crippen molar-refractivity contribution in [3.63, 3.8) is 0 Å². The number of hydrogen-bond acceptors (Lipinski definition) is 3. The first-order valence-corrected chi connectivity index (χ1v) is 5.82. The zero-order valence-electron chi connectivity index (χ0n) is 10.2.